The first-order valence-corrected chi connectivity index (χ1v) is 2.99. The zero-order chi connectivity index (χ0) is 7.11. The van der Waals surface area contributed by atoms with Gasteiger partial charge in [0.25, 0.3) is 0 Å². The van der Waals surface area contributed by atoms with Crippen LogP contribution in [0.1, 0.15) is 0 Å². The molecule has 0 unspecified atom stereocenters. The number of hydrogen-bond donors (Lipinski definition) is 2. The molecular weight excluding hydrogens is 134 g/mol. The van der Waals surface area contributed by atoms with Crippen LogP contribution in [0.3, 0.4) is 0 Å². The number of rotatable bonds is 0. The SMILES string of the molecule is CN1CCOCC1.NN.O. The molecule has 0 aromatic heterocycles. The molecule has 0 spiro atoms. The van der Waals surface area contributed by atoms with Gasteiger partial charge in [-0.25, -0.2) is 0 Å². The molecule has 0 aromatic carbocycles. The molecule has 10 heavy (non-hydrogen) atoms. The first kappa shape index (κ1) is 12.5. The van der Waals surface area contributed by atoms with Crippen molar-refractivity contribution in [1.82, 2.24) is 4.90 Å². The molecule has 1 saturated heterocycles. The third-order valence-electron chi connectivity index (χ3n) is 1.23. The van der Waals surface area contributed by atoms with Gasteiger partial charge in [0.1, 0.15) is 0 Å². The molecule has 1 heterocycles. The topological polar surface area (TPSA) is 96.0 Å². The molecule has 0 saturated carbocycles. The molecule has 0 atom stereocenters. The van der Waals surface area contributed by atoms with E-state index in [-0.39, 0.29) is 5.48 Å². The van der Waals surface area contributed by atoms with Crippen LogP contribution in [-0.2, 0) is 4.74 Å². The van der Waals surface area contributed by atoms with Crippen LogP contribution in [-0.4, -0.2) is 43.7 Å². The molecule has 1 aliphatic rings. The molecule has 0 bridgehead atoms. The van der Waals surface area contributed by atoms with Crippen molar-refractivity contribution in [3.05, 3.63) is 0 Å². The van der Waals surface area contributed by atoms with Crippen LogP contribution in [0.5, 0.6) is 0 Å². The average Bonchev–Trinajstić information content (AvgIpc) is 1.94. The lowest BCUT2D eigenvalue weighted by molar-refractivity contribution is 0.0503. The summed E-state index contributed by atoms with van der Waals surface area (Å²) >= 11 is 0. The third-order valence-corrected chi connectivity index (χ3v) is 1.23. The van der Waals surface area contributed by atoms with Crippen molar-refractivity contribution in [1.29, 1.82) is 0 Å². The van der Waals surface area contributed by atoms with Gasteiger partial charge >= 0.3 is 0 Å². The summed E-state index contributed by atoms with van der Waals surface area (Å²) in [5, 5.41) is 0. The number of nitrogens with two attached hydrogens (primary N) is 2. The summed E-state index contributed by atoms with van der Waals surface area (Å²) in [6.07, 6.45) is 0. The minimum absolute atomic E-state index is 0. The van der Waals surface area contributed by atoms with E-state index in [0.29, 0.717) is 0 Å². The van der Waals surface area contributed by atoms with E-state index < -0.39 is 0 Å². The first-order valence-electron chi connectivity index (χ1n) is 2.99. The Labute approximate surface area is 61.2 Å². The quantitative estimate of drug-likeness (QED) is 0.307. The molecule has 0 amide bonds. The Morgan fingerprint density at radius 1 is 1.20 bits per heavy atom. The smallest absolute Gasteiger partial charge is 0.0594 e. The second-order valence-electron chi connectivity index (χ2n) is 1.92. The molecule has 6 N–H and O–H groups in total. The van der Waals surface area contributed by atoms with Gasteiger partial charge in [0, 0.05) is 13.1 Å². The summed E-state index contributed by atoms with van der Waals surface area (Å²) in [6, 6.07) is 0. The van der Waals surface area contributed by atoms with Crippen LogP contribution >= 0.6 is 0 Å². The predicted molar refractivity (Wildman–Crippen MR) is 40.3 cm³/mol. The second kappa shape index (κ2) is 8.80. The van der Waals surface area contributed by atoms with E-state index in [0.717, 1.165) is 26.3 Å². The molecule has 0 radical (unpaired) electrons. The van der Waals surface area contributed by atoms with Crippen LogP contribution in [0.15, 0.2) is 0 Å². The number of hydrazine groups is 1. The van der Waals surface area contributed by atoms with Crippen LogP contribution in [0, 0.1) is 0 Å². The van der Waals surface area contributed by atoms with E-state index in [1.807, 2.05) is 0 Å². The zero-order valence-electron chi connectivity index (χ0n) is 6.34. The van der Waals surface area contributed by atoms with Crippen LogP contribution in [0.25, 0.3) is 0 Å². The van der Waals surface area contributed by atoms with Gasteiger partial charge < -0.3 is 15.1 Å². The molecule has 1 rings (SSSR count). The summed E-state index contributed by atoms with van der Waals surface area (Å²) in [5.74, 6) is 8.00. The first-order chi connectivity index (χ1) is 4.39. The predicted octanol–water partition coefficient (Wildman–Crippen LogP) is -2.06. The van der Waals surface area contributed by atoms with Crippen molar-refractivity contribution >= 4 is 0 Å². The maximum atomic E-state index is 5.10. The molecule has 1 aliphatic heterocycles. The number of nitrogens with zero attached hydrogens (tertiary/aromatic N) is 1. The van der Waals surface area contributed by atoms with Gasteiger partial charge in [0.2, 0.25) is 0 Å². The minimum atomic E-state index is 0. The summed E-state index contributed by atoms with van der Waals surface area (Å²) in [7, 11) is 2.11. The normalized spacial score (nSPS) is 18.3. The summed E-state index contributed by atoms with van der Waals surface area (Å²) < 4.78 is 5.10. The Hall–Kier alpha value is -0.200. The number of ether oxygens (including phenoxy) is 1. The highest BCUT2D eigenvalue weighted by molar-refractivity contribution is 4.53. The van der Waals surface area contributed by atoms with E-state index in [9.17, 15) is 0 Å². The second-order valence-corrected chi connectivity index (χ2v) is 1.92. The monoisotopic (exact) mass is 151 g/mol. The van der Waals surface area contributed by atoms with Gasteiger partial charge in [-0.3, -0.25) is 11.7 Å². The van der Waals surface area contributed by atoms with Gasteiger partial charge in [0.05, 0.1) is 13.2 Å². The summed E-state index contributed by atoms with van der Waals surface area (Å²) in [4.78, 5) is 2.27. The summed E-state index contributed by atoms with van der Waals surface area (Å²) in [5.41, 5.74) is 0. The molecular formula is C5H17N3O2. The zero-order valence-corrected chi connectivity index (χ0v) is 6.34. The maximum absolute atomic E-state index is 5.10. The van der Waals surface area contributed by atoms with Crippen molar-refractivity contribution in [2.45, 2.75) is 0 Å². The van der Waals surface area contributed by atoms with Crippen molar-refractivity contribution in [2.24, 2.45) is 11.7 Å². The fourth-order valence-electron chi connectivity index (χ4n) is 0.655. The molecule has 5 heteroatoms. The molecule has 1 fully saturated rings. The van der Waals surface area contributed by atoms with E-state index in [2.05, 4.69) is 23.6 Å². The third kappa shape index (κ3) is 5.93. The lowest BCUT2D eigenvalue weighted by Crippen LogP contribution is -2.32. The lowest BCUT2D eigenvalue weighted by Gasteiger charge is -2.21. The van der Waals surface area contributed by atoms with E-state index in [4.69, 9.17) is 4.74 Å². The Morgan fingerprint density at radius 3 is 1.80 bits per heavy atom. The minimum Gasteiger partial charge on any atom is -0.412 e. The van der Waals surface area contributed by atoms with Gasteiger partial charge in [0.15, 0.2) is 0 Å². The standard InChI is InChI=1S/C5H11NO.H4N2.H2O/c1-6-2-4-7-5-3-6;1-2;/h2-5H2,1H3;1-2H2;1H2. The molecule has 0 aromatic rings. The Kier molecular flexibility index (Phi) is 11.0. The number of hydrogen-bond acceptors (Lipinski definition) is 4. The van der Waals surface area contributed by atoms with Gasteiger partial charge in [-0.05, 0) is 7.05 Å². The summed E-state index contributed by atoms with van der Waals surface area (Å²) in [6.45, 7) is 4.02. The molecule has 0 aliphatic carbocycles. The fourth-order valence-corrected chi connectivity index (χ4v) is 0.655. The largest absolute Gasteiger partial charge is 0.412 e. The van der Waals surface area contributed by atoms with Crippen LogP contribution < -0.4 is 11.7 Å². The van der Waals surface area contributed by atoms with Crippen LogP contribution in [0.2, 0.25) is 0 Å². The highest BCUT2D eigenvalue weighted by Crippen LogP contribution is 1.89. The number of morpholine rings is 1. The van der Waals surface area contributed by atoms with Gasteiger partial charge in [-0.2, -0.15) is 0 Å². The van der Waals surface area contributed by atoms with E-state index >= 15 is 0 Å². The Morgan fingerprint density at radius 2 is 1.60 bits per heavy atom. The van der Waals surface area contributed by atoms with E-state index in [1.54, 1.807) is 0 Å². The highest BCUT2D eigenvalue weighted by atomic mass is 16.5. The van der Waals surface area contributed by atoms with Crippen LogP contribution in [0.4, 0.5) is 0 Å². The maximum Gasteiger partial charge on any atom is 0.0594 e. The molecule has 5 nitrogen and oxygen atoms in total. The number of likely N-dealkylation sites (N-methyl/N-ethyl adjacent to an activating group) is 1. The fraction of sp³-hybridized carbons (Fsp3) is 1.00. The van der Waals surface area contributed by atoms with E-state index in [1.165, 1.54) is 0 Å². The van der Waals surface area contributed by atoms with Crippen molar-refractivity contribution < 1.29 is 10.2 Å². The lowest BCUT2D eigenvalue weighted by atomic mass is 10.5. The van der Waals surface area contributed by atoms with Crippen molar-refractivity contribution in [3.8, 4) is 0 Å². The Balaban J connectivity index is 0. The highest BCUT2D eigenvalue weighted by Gasteiger charge is 2.02. The van der Waals surface area contributed by atoms with Crippen molar-refractivity contribution in [3.63, 3.8) is 0 Å². The van der Waals surface area contributed by atoms with Gasteiger partial charge in [-0.1, -0.05) is 0 Å². The van der Waals surface area contributed by atoms with Crippen molar-refractivity contribution in [2.75, 3.05) is 33.4 Å². The average molecular weight is 151 g/mol. The van der Waals surface area contributed by atoms with Gasteiger partial charge in [-0.15, -0.1) is 0 Å². The Bertz CT molecular complexity index is 56.9. The molecule has 64 valence electrons.